The number of piperazine rings is 1. The topological polar surface area (TPSA) is 45.4 Å². The number of nitrogens with zero attached hydrogens (tertiary/aromatic N) is 4. The number of aromatic nitrogens is 2. The van der Waals surface area contributed by atoms with E-state index < -0.39 is 0 Å². The van der Waals surface area contributed by atoms with E-state index in [2.05, 4.69) is 32.1 Å². The molecule has 0 unspecified atom stereocenters. The van der Waals surface area contributed by atoms with Crippen molar-refractivity contribution in [2.24, 2.45) is 0 Å². The SMILES string of the molecule is Clc1ccc(N2CCN(Cc3nnc(C4CC4)o3)CC2)cc1. The van der Waals surface area contributed by atoms with Gasteiger partial charge in [-0.05, 0) is 37.1 Å². The maximum atomic E-state index is 5.94. The smallest absolute Gasteiger partial charge is 0.230 e. The third-order valence-electron chi connectivity index (χ3n) is 4.33. The lowest BCUT2D eigenvalue weighted by atomic mass is 10.2. The Kier molecular flexibility index (Phi) is 3.76. The molecular formula is C16H19ClN4O. The molecule has 1 saturated carbocycles. The average molecular weight is 319 g/mol. The lowest BCUT2D eigenvalue weighted by molar-refractivity contribution is 0.224. The minimum atomic E-state index is 0.531. The third-order valence-corrected chi connectivity index (χ3v) is 4.58. The highest BCUT2D eigenvalue weighted by Crippen LogP contribution is 2.39. The first kappa shape index (κ1) is 14.0. The second-order valence-corrected chi connectivity index (χ2v) is 6.48. The minimum Gasteiger partial charge on any atom is -0.424 e. The molecule has 1 aromatic carbocycles. The Morgan fingerprint density at radius 1 is 1.05 bits per heavy atom. The van der Waals surface area contributed by atoms with Gasteiger partial charge in [-0.2, -0.15) is 0 Å². The van der Waals surface area contributed by atoms with Crippen LogP contribution in [0.3, 0.4) is 0 Å². The normalized spacial score (nSPS) is 19.6. The van der Waals surface area contributed by atoms with Crippen LogP contribution in [0.15, 0.2) is 28.7 Å². The largest absolute Gasteiger partial charge is 0.424 e. The van der Waals surface area contributed by atoms with E-state index in [1.807, 2.05) is 12.1 Å². The van der Waals surface area contributed by atoms with Crippen molar-refractivity contribution in [3.63, 3.8) is 0 Å². The highest BCUT2D eigenvalue weighted by atomic mass is 35.5. The summed E-state index contributed by atoms with van der Waals surface area (Å²) in [7, 11) is 0. The lowest BCUT2D eigenvalue weighted by Gasteiger charge is -2.35. The zero-order valence-electron chi connectivity index (χ0n) is 12.4. The molecule has 1 saturated heterocycles. The fourth-order valence-electron chi connectivity index (χ4n) is 2.83. The first-order chi connectivity index (χ1) is 10.8. The van der Waals surface area contributed by atoms with E-state index in [1.165, 1.54) is 18.5 Å². The highest BCUT2D eigenvalue weighted by molar-refractivity contribution is 6.30. The molecule has 0 N–H and O–H groups in total. The first-order valence-corrected chi connectivity index (χ1v) is 8.21. The van der Waals surface area contributed by atoms with E-state index in [1.54, 1.807) is 0 Å². The summed E-state index contributed by atoms with van der Waals surface area (Å²) >= 11 is 5.94. The van der Waals surface area contributed by atoms with E-state index in [9.17, 15) is 0 Å². The lowest BCUT2D eigenvalue weighted by Crippen LogP contribution is -2.46. The Hall–Kier alpha value is -1.59. The van der Waals surface area contributed by atoms with Crippen LogP contribution in [0.1, 0.15) is 30.5 Å². The number of benzene rings is 1. The summed E-state index contributed by atoms with van der Waals surface area (Å²) < 4.78 is 5.74. The van der Waals surface area contributed by atoms with Crippen LogP contribution >= 0.6 is 11.6 Å². The van der Waals surface area contributed by atoms with Gasteiger partial charge in [0.2, 0.25) is 11.8 Å². The number of halogens is 1. The molecule has 0 amide bonds. The van der Waals surface area contributed by atoms with Crippen molar-refractivity contribution in [3.8, 4) is 0 Å². The molecule has 2 aliphatic rings. The van der Waals surface area contributed by atoms with Crippen molar-refractivity contribution in [2.75, 3.05) is 31.1 Å². The van der Waals surface area contributed by atoms with Gasteiger partial charge in [0.15, 0.2) is 0 Å². The van der Waals surface area contributed by atoms with Gasteiger partial charge < -0.3 is 9.32 Å². The maximum Gasteiger partial charge on any atom is 0.230 e. The fourth-order valence-corrected chi connectivity index (χ4v) is 2.96. The van der Waals surface area contributed by atoms with Gasteiger partial charge in [-0.1, -0.05) is 11.6 Å². The van der Waals surface area contributed by atoms with Crippen LogP contribution in [-0.2, 0) is 6.54 Å². The van der Waals surface area contributed by atoms with Crippen LogP contribution < -0.4 is 4.90 Å². The summed E-state index contributed by atoms with van der Waals surface area (Å²) in [6, 6.07) is 8.05. The van der Waals surface area contributed by atoms with Crippen LogP contribution in [0.4, 0.5) is 5.69 Å². The van der Waals surface area contributed by atoms with Crippen LogP contribution in [0.2, 0.25) is 5.02 Å². The highest BCUT2D eigenvalue weighted by Gasteiger charge is 2.29. The van der Waals surface area contributed by atoms with Crippen LogP contribution in [0.25, 0.3) is 0 Å². The molecule has 4 rings (SSSR count). The Morgan fingerprint density at radius 2 is 1.77 bits per heavy atom. The van der Waals surface area contributed by atoms with Gasteiger partial charge in [0.1, 0.15) is 0 Å². The van der Waals surface area contributed by atoms with Crippen LogP contribution in [0, 0.1) is 0 Å². The number of hydrogen-bond donors (Lipinski definition) is 0. The molecule has 22 heavy (non-hydrogen) atoms. The number of anilines is 1. The van der Waals surface area contributed by atoms with Crippen molar-refractivity contribution in [1.29, 1.82) is 0 Å². The van der Waals surface area contributed by atoms with Gasteiger partial charge in [-0.25, -0.2) is 0 Å². The van der Waals surface area contributed by atoms with Gasteiger partial charge in [-0.3, -0.25) is 4.90 Å². The summed E-state index contributed by atoms with van der Waals surface area (Å²) in [4.78, 5) is 4.76. The summed E-state index contributed by atoms with van der Waals surface area (Å²) in [5.41, 5.74) is 1.23. The summed E-state index contributed by atoms with van der Waals surface area (Å²) in [6.45, 7) is 4.78. The summed E-state index contributed by atoms with van der Waals surface area (Å²) in [6.07, 6.45) is 2.39. The number of rotatable bonds is 4. The van der Waals surface area contributed by atoms with Gasteiger partial charge in [0.25, 0.3) is 0 Å². The second kappa shape index (κ2) is 5.89. The molecule has 2 fully saturated rings. The van der Waals surface area contributed by atoms with Crippen molar-refractivity contribution in [1.82, 2.24) is 15.1 Å². The molecule has 6 heteroatoms. The quantitative estimate of drug-likeness (QED) is 0.867. The van der Waals surface area contributed by atoms with Crippen molar-refractivity contribution in [3.05, 3.63) is 41.1 Å². The van der Waals surface area contributed by atoms with Crippen LogP contribution in [0.5, 0.6) is 0 Å². The molecule has 0 radical (unpaired) electrons. The maximum absolute atomic E-state index is 5.94. The van der Waals surface area contributed by atoms with E-state index >= 15 is 0 Å². The van der Waals surface area contributed by atoms with Crippen molar-refractivity contribution < 1.29 is 4.42 Å². The van der Waals surface area contributed by atoms with E-state index in [0.717, 1.165) is 49.5 Å². The van der Waals surface area contributed by atoms with Gasteiger partial charge in [0, 0.05) is 42.8 Å². The minimum absolute atomic E-state index is 0.531. The van der Waals surface area contributed by atoms with Crippen molar-refractivity contribution in [2.45, 2.75) is 25.3 Å². The molecule has 0 atom stereocenters. The zero-order chi connectivity index (χ0) is 14.9. The van der Waals surface area contributed by atoms with Gasteiger partial charge >= 0.3 is 0 Å². The molecule has 1 aliphatic carbocycles. The monoisotopic (exact) mass is 318 g/mol. The predicted molar refractivity (Wildman–Crippen MR) is 85.2 cm³/mol. The van der Waals surface area contributed by atoms with Gasteiger partial charge in [0.05, 0.1) is 6.54 Å². The molecule has 0 bridgehead atoms. The van der Waals surface area contributed by atoms with E-state index in [0.29, 0.717) is 5.92 Å². The molecule has 1 aromatic heterocycles. The zero-order valence-corrected chi connectivity index (χ0v) is 13.2. The average Bonchev–Trinajstić information content (AvgIpc) is 3.29. The Labute approximate surface area is 134 Å². The molecule has 0 spiro atoms. The van der Waals surface area contributed by atoms with E-state index in [4.69, 9.17) is 16.0 Å². The first-order valence-electron chi connectivity index (χ1n) is 7.83. The molecule has 2 aromatic rings. The Bertz CT molecular complexity index is 630. The Morgan fingerprint density at radius 3 is 2.45 bits per heavy atom. The Balaban J connectivity index is 1.32. The molecule has 2 heterocycles. The number of hydrogen-bond acceptors (Lipinski definition) is 5. The van der Waals surface area contributed by atoms with Gasteiger partial charge in [-0.15, -0.1) is 10.2 Å². The van der Waals surface area contributed by atoms with Crippen molar-refractivity contribution >= 4 is 17.3 Å². The third kappa shape index (κ3) is 3.10. The fraction of sp³-hybridized carbons (Fsp3) is 0.500. The standard InChI is InChI=1S/C16H19ClN4O/c17-13-3-5-14(6-4-13)21-9-7-20(8-10-21)11-15-18-19-16(22-15)12-1-2-12/h3-6,12H,1-2,7-11H2. The molecule has 116 valence electrons. The van der Waals surface area contributed by atoms with E-state index in [-0.39, 0.29) is 0 Å². The summed E-state index contributed by atoms with van der Waals surface area (Å²) in [5, 5.41) is 9.10. The second-order valence-electron chi connectivity index (χ2n) is 6.05. The molecular weight excluding hydrogens is 300 g/mol. The molecule has 1 aliphatic heterocycles. The molecule has 5 nitrogen and oxygen atoms in total. The van der Waals surface area contributed by atoms with Crippen LogP contribution in [-0.4, -0.2) is 41.3 Å². The summed E-state index contributed by atoms with van der Waals surface area (Å²) in [5.74, 6) is 2.11. The predicted octanol–water partition coefficient (Wildman–Crippen LogP) is 2.92.